The standard InChI is InChI=1S/C32H32F5N3O/c1-4-31(39(2)3,20-9-7-10-21(33)19-20)17-15-27-29-23(22-11-5-6-14-26(22)38-29)16-18-40(27)30(41)28-24(32(35,36)37)12-8-13-25(28)34/h5-14,19,27,38H,4,15-18H2,1-3H3. The molecule has 0 spiro atoms. The van der Waals surface area contributed by atoms with Crippen molar-refractivity contribution in [2.75, 3.05) is 20.6 Å². The molecule has 216 valence electrons. The van der Waals surface area contributed by atoms with Gasteiger partial charge in [-0.25, -0.2) is 8.78 Å². The van der Waals surface area contributed by atoms with E-state index in [1.807, 2.05) is 56.3 Å². The summed E-state index contributed by atoms with van der Waals surface area (Å²) in [6, 6.07) is 16.0. The minimum atomic E-state index is -4.90. The van der Waals surface area contributed by atoms with Crippen molar-refractivity contribution in [3.63, 3.8) is 0 Å². The molecule has 0 aliphatic carbocycles. The van der Waals surface area contributed by atoms with Crippen molar-refractivity contribution >= 4 is 16.8 Å². The van der Waals surface area contributed by atoms with Gasteiger partial charge in [0.05, 0.1) is 17.2 Å². The van der Waals surface area contributed by atoms with E-state index in [0.717, 1.165) is 45.9 Å². The number of para-hydroxylation sites is 1. The zero-order chi connectivity index (χ0) is 29.5. The number of aromatic amines is 1. The van der Waals surface area contributed by atoms with Crippen molar-refractivity contribution in [3.05, 3.63) is 106 Å². The first kappa shape index (κ1) is 28.8. The zero-order valence-electron chi connectivity index (χ0n) is 23.2. The normalized spacial score (nSPS) is 17.1. The molecule has 2 heterocycles. The van der Waals surface area contributed by atoms with Crippen molar-refractivity contribution in [2.45, 2.75) is 50.4 Å². The lowest BCUT2D eigenvalue weighted by atomic mass is 9.79. The van der Waals surface area contributed by atoms with Crippen LogP contribution in [0, 0.1) is 11.6 Å². The van der Waals surface area contributed by atoms with Gasteiger partial charge in [0.1, 0.15) is 11.6 Å². The van der Waals surface area contributed by atoms with E-state index in [1.54, 1.807) is 6.07 Å². The molecule has 5 rings (SSSR count). The summed E-state index contributed by atoms with van der Waals surface area (Å²) in [6.45, 7) is 2.13. The van der Waals surface area contributed by atoms with E-state index in [-0.39, 0.29) is 12.4 Å². The average Bonchev–Trinajstić information content (AvgIpc) is 3.31. The van der Waals surface area contributed by atoms with Gasteiger partial charge in [0.15, 0.2) is 0 Å². The van der Waals surface area contributed by atoms with Crippen molar-refractivity contribution in [3.8, 4) is 0 Å². The number of carbonyl (C=O) groups excluding carboxylic acids is 1. The van der Waals surface area contributed by atoms with Crippen molar-refractivity contribution < 1.29 is 26.7 Å². The Kier molecular flexibility index (Phi) is 7.68. The van der Waals surface area contributed by atoms with E-state index >= 15 is 0 Å². The van der Waals surface area contributed by atoms with Gasteiger partial charge in [-0.15, -0.1) is 0 Å². The highest BCUT2D eigenvalue weighted by molar-refractivity contribution is 5.97. The highest BCUT2D eigenvalue weighted by atomic mass is 19.4. The second kappa shape index (κ2) is 10.9. The number of halogens is 5. The molecule has 4 nitrogen and oxygen atoms in total. The Morgan fingerprint density at radius 1 is 1.02 bits per heavy atom. The van der Waals surface area contributed by atoms with Crippen molar-refractivity contribution in [2.24, 2.45) is 0 Å². The maximum atomic E-state index is 15.0. The Balaban J connectivity index is 1.61. The molecular formula is C32H32F5N3O. The van der Waals surface area contributed by atoms with Crippen LogP contribution in [0.1, 0.15) is 65.0 Å². The maximum Gasteiger partial charge on any atom is 0.417 e. The summed E-state index contributed by atoms with van der Waals surface area (Å²) in [5.41, 5.74) is 0.483. The van der Waals surface area contributed by atoms with E-state index in [9.17, 15) is 26.7 Å². The predicted octanol–water partition coefficient (Wildman–Crippen LogP) is 7.85. The highest BCUT2D eigenvalue weighted by Gasteiger charge is 2.42. The maximum absolute atomic E-state index is 15.0. The first-order chi connectivity index (χ1) is 19.5. The molecule has 0 radical (unpaired) electrons. The summed E-state index contributed by atoms with van der Waals surface area (Å²) >= 11 is 0. The summed E-state index contributed by atoms with van der Waals surface area (Å²) in [5, 5.41) is 0.987. The van der Waals surface area contributed by atoms with Crippen LogP contribution >= 0.6 is 0 Å². The molecule has 1 aliphatic heterocycles. The quantitative estimate of drug-likeness (QED) is 0.230. The molecule has 1 aliphatic rings. The van der Waals surface area contributed by atoms with Crippen LogP contribution in [0.5, 0.6) is 0 Å². The number of alkyl halides is 3. The van der Waals surface area contributed by atoms with Crippen molar-refractivity contribution in [1.29, 1.82) is 0 Å². The molecule has 1 N–H and O–H groups in total. The third kappa shape index (κ3) is 5.12. The van der Waals surface area contributed by atoms with Gasteiger partial charge < -0.3 is 9.88 Å². The number of benzene rings is 3. The molecule has 4 aromatic rings. The molecule has 0 saturated carbocycles. The number of hydrogen-bond donors (Lipinski definition) is 1. The lowest BCUT2D eigenvalue weighted by Gasteiger charge is -2.43. The Morgan fingerprint density at radius 3 is 2.44 bits per heavy atom. The SMILES string of the molecule is CCC(CCC1c2[nH]c3ccccc3c2CCN1C(=O)c1c(F)cccc1C(F)(F)F)(c1cccc(F)c1)N(C)C. The third-order valence-electron chi connectivity index (χ3n) is 8.59. The van der Waals surface area contributed by atoms with Crippen LogP contribution in [0.3, 0.4) is 0 Å². The summed E-state index contributed by atoms with van der Waals surface area (Å²) in [6.07, 6.45) is -3.05. The third-order valence-corrected chi connectivity index (χ3v) is 8.59. The molecule has 2 atom stereocenters. The Bertz CT molecular complexity index is 1580. The summed E-state index contributed by atoms with van der Waals surface area (Å²) in [4.78, 5) is 20.7. The fourth-order valence-corrected chi connectivity index (χ4v) is 6.46. The lowest BCUT2D eigenvalue weighted by Crippen LogP contribution is -2.44. The molecule has 2 unspecified atom stereocenters. The number of amides is 1. The lowest BCUT2D eigenvalue weighted by molar-refractivity contribution is -0.138. The van der Waals surface area contributed by atoms with Crippen LogP contribution in [0.25, 0.3) is 10.9 Å². The minimum Gasteiger partial charge on any atom is -0.356 e. The number of nitrogens with one attached hydrogen (secondary N) is 1. The van der Waals surface area contributed by atoms with Gasteiger partial charge in [-0.05, 0) is 81.2 Å². The molecule has 0 bridgehead atoms. The Morgan fingerprint density at radius 2 is 1.76 bits per heavy atom. The number of H-pyrrole nitrogens is 1. The number of carbonyl (C=O) groups is 1. The Hall–Kier alpha value is -3.72. The second-order valence-electron chi connectivity index (χ2n) is 10.8. The fraction of sp³-hybridized carbons (Fsp3) is 0.344. The summed E-state index contributed by atoms with van der Waals surface area (Å²) < 4.78 is 71.0. The zero-order valence-corrected chi connectivity index (χ0v) is 23.2. The van der Waals surface area contributed by atoms with Gasteiger partial charge in [-0.2, -0.15) is 13.2 Å². The molecule has 9 heteroatoms. The highest BCUT2D eigenvalue weighted by Crippen LogP contribution is 2.43. The molecule has 0 saturated heterocycles. The van der Waals surface area contributed by atoms with E-state index in [2.05, 4.69) is 4.98 Å². The van der Waals surface area contributed by atoms with Crippen LogP contribution in [-0.4, -0.2) is 41.3 Å². The van der Waals surface area contributed by atoms with Crippen molar-refractivity contribution in [1.82, 2.24) is 14.8 Å². The van der Waals surface area contributed by atoms with E-state index in [0.29, 0.717) is 25.7 Å². The molecule has 1 amide bonds. The van der Waals surface area contributed by atoms with Gasteiger partial charge in [-0.1, -0.05) is 43.3 Å². The van der Waals surface area contributed by atoms with Crippen LogP contribution < -0.4 is 0 Å². The predicted molar refractivity (Wildman–Crippen MR) is 148 cm³/mol. The monoisotopic (exact) mass is 569 g/mol. The topological polar surface area (TPSA) is 39.3 Å². The van der Waals surface area contributed by atoms with Gasteiger partial charge >= 0.3 is 6.18 Å². The largest absolute Gasteiger partial charge is 0.417 e. The van der Waals surface area contributed by atoms with Crippen LogP contribution in [0.2, 0.25) is 0 Å². The molecule has 3 aromatic carbocycles. The Labute approximate surface area is 235 Å². The molecule has 0 fully saturated rings. The van der Waals surface area contributed by atoms with E-state index in [4.69, 9.17) is 0 Å². The number of nitrogens with zero attached hydrogens (tertiary/aromatic N) is 2. The number of fused-ring (bicyclic) bond motifs is 3. The average molecular weight is 570 g/mol. The smallest absolute Gasteiger partial charge is 0.356 e. The molecular weight excluding hydrogens is 537 g/mol. The fourth-order valence-electron chi connectivity index (χ4n) is 6.46. The first-order valence-corrected chi connectivity index (χ1v) is 13.7. The second-order valence-corrected chi connectivity index (χ2v) is 10.8. The van der Waals surface area contributed by atoms with Crippen LogP contribution in [-0.2, 0) is 18.1 Å². The van der Waals surface area contributed by atoms with Gasteiger partial charge in [0.2, 0.25) is 0 Å². The number of aromatic nitrogens is 1. The van der Waals surface area contributed by atoms with Gasteiger partial charge in [0.25, 0.3) is 5.91 Å². The van der Waals surface area contributed by atoms with Gasteiger partial charge in [0, 0.05) is 28.7 Å². The number of rotatable bonds is 7. The number of hydrogen-bond acceptors (Lipinski definition) is 2. The van der Waals surface area contributed by atoms with E-state index in [1.165, 1.54) is 17.0 Å². The molecule has 1 aromatic heterocycles. The molecule has 41 heavy (non-hydrogen) atoms. The summed E-state index contributed by atoms with van der Waals surface area (Å²) in [5.74, 6) is -2.57. The van der Waals surface area contributed by atoms with Crippen LogP contribution in [0.4, 0.5) is 22.0 Å². The minimum absolute atomic E-state index is 0.130. The summed E-state index contributed by atoms with van der Waals surface area (Å²) in [7, 11) is 3.81. The first-order valence-electron chi connectivity index (χ1n) is 13.7. The van der Waals surface area contributed by atoms with Gasteiger partial charge in [-0.3, -0.25) is 9.69 Å². The van der Waals surface area contributed by atoms with E-state index < -0.39 is 40.6 Å². The van der Waals surface area contributed by atoms with Crippen LogP contribution in [0.15, 0.2) is 66.7 Å².